The van der Waals surface area contributed by atoms with Crippen LogP contribution in [-0.2, 0) is 0 Å². The summed E-state index contributed by atoms with van der Waals surface area (Å²) in [5, 5.41) is 12.9. The second-order valence-electron chi connectivity index (χ2n) is 4.88. The van der Waals surface area contributed by atoms with Gasteiger partial charge in [-0.3, -0.25) is 4.79 Å². The largest absolute Gasteiger partial charge is 0.382 e. The molecule has 0 fully saturated rings. The van der Waals surface area contributed by atoms with E-state index in [0.717, 1.165) is 5.69 Å². The van der Waals surface area contributed by atoms with Crippen LogP contribution in [0.2, 0.25) is 5.02 Å². The Hall–Kier alpha value is -2.88. The Bertz CT molecular complexity index is 927. The first-order valence-corrected chi connectivity index (χ1v) is 8.10. The zero-order valence-electron chi connectivity index (χ0n) is 12.3. The molecule has 0 saturated carbocycles. The van der Waals surface area contributed by atoms with Gasteiger partial charge in [-0.15, -0.1) is 0 Å². The van der Waals surface area contributed by atoms with Crippen molar-refractivity contribution in [3.05, 3.63) is 69.6 Å². The van der Waals surface area contributed by atoms with Gasteiger partial charge in [0.1, 0.15) is 10.7 Å². The molecule has 3 N–H and O–H groups in total. The molecule has 7 heteroatoms. The number of nitriles is 1. The number of ketones is 1. The van der Waals surface area contributed by atoms with Crippen LogP contribution in [0.25, 0.3) is 0 Å². The summed E-state index contributed by atoms with van der Waals surface area (Å²) in [4.78, 5) is 17.1. The van der Waals surface area contributed by atoms with Gasteiger partial charge in [0.15, 0.2) is 5.13 Å². The molecular weight excluding hydrogens is 344 g/mol. The fourth-order valence-electron chi connectivity index (χ4n) is 2.03. The zero-order chi connectivity index (χ0) is 17.1. The number of hydrogen-bond acceptors (Lipinski definition) is 6. The second-order valence-corrected chi connectivity index (χ2v) is 6.32. The summed E-state index contributed by atoms with van der Waals surface area (Å²) in [5.74, 6) is -0.0226. The predicted octanol–water partition coefficient (Wildman–Crippen LogP) is 4.22. The van der Waals surface area contributed by atoms with Crippen LogP contribution in [0.15, 0.2) is 48.5 Å². The molecule has 1 aromatic heterocycles. The normalized spacial score (nSPS) is 10.2. The number of nitrogens with two attached hydrogens (primary N) is 1. The topological polar surface area (TPSA) is 91.8 Å². The lowest BCUT2D eigenvalue weighted by atomic mass is 10.1. The Balaban J connectivity index is 1.83. The fraction of sp³-hybridized carbons (Fsp3) is 0. The number of nitrogen functional groups attached to an aromatic ring is 1. The van der Waals surface area contributed by atoms with Gasteiger partial charge in [-0.05, 0) is 48.5 Å². The summed E-state index contributed by atoms with van der Waals surface area (Å²) in [6, 6.07) is 15.6. The van der Waals surface area contributed by atoms with Crippen LogP contribution in [-0.4, -0.2) is 10.8 Å². The number of carbonyl (C=O) groups is 1. The van der Waals surface area contributed by atoms with Gasteiger partial charge in [-0.25, -0.2) is 4.98 Å². The smallest absolute Gasteiger partial charge is 0.206 e. The summed E-state index contributed by atoms with van der Waals surface area (Å²) < 4.78 is 0. The van der Waals surface area contributed by atoms with Crippen LogP contribution in [0.4, 0.5) is 16.6 Å². The molecule has 0 aliphatic rings. The number of hydrogen-bond donors (Lipinski definition) is 2. The fourth-order valence-corrected chi connectivity index (χ4v) is 3.02. The van der Waals surface area contributed by atoms with Gasteiger partial charge in [-0.2, -0.15) is 5.26 Å². The lowest BCUT2D eigenvalue weighted by Crippen LogP contribution is -2.02. The molecule has 0 aliphatic carbocycles. The SMILES string of the molecule is N#Cc1ccc(Nc2nc(N)c(C(=O)c3ccc(Cl)cc3)s2)cc1. The number of nitrogens with one attached hydrogen (secondary N) is 1. The maximum absolute atomic E-state index is 12.5. The molecule has 118 valence electrons. The third kappa shape index (κ3) is 3.38. The molecule has 24 heavy (non-hydrogen) atoms. The summed E-state index contributed by atoms with van der Waals surface area (Å²) >= 11 is 7.01. The van der Waals surface area contributed by atoms with Gasteiger partial charge in [0, 0.05) is 16.3 Å². The number of carbonyl (C=O) groups excluding carboxylic acids is 1. The van der Waals surface area contributed by atoms with E-state index in [2.05, 4.69) is 16.4 Å². The molecule has 0 saturated heterocycles. The van der Waals surface area contributed by atoms with Gasteiger partial charge in [0.05, 0.1) is 11.6 Å². The van der Waals surface area contributed by atoms with Crippen molar-refractivity contribution in [2.45, 2.75) is 0 Å². The van der Waals surface area contributed by atoms with Crippen molar-refractivity contribution >= 4 is 45.4 Å². The van der Waals surface area contributed by atoms with E-state index in [1.807, 2.05) is 0 Å². The molecule has 0 aliphatic heterocycles. The number of anilines is 3. The van der Waals surface area contributed by atoms with Gasteiger partial charge in [-0.1, -0.05) is 22.9 Å². The predicted molar refractivity (Wildman–Crippen MR) is 95.9 cm³/mol. The quantitative estimate of drug-likeness (QED) is 0.684. The van der Waals surface area contributed by atoms with E-state index in [0.29, 0.717) is 26.2 Å². The van der Waals surface area contributed by atoms with E-state index in [4.69, 9.17) is 22.6 Å². The van der Waals surface area contributed by atoms with Gasteiger partial charge < -0.3 is 11.1 Å². The summed E-state index contributed by atoms with van der Waals surface area (Å²) in [5.41, 5.74) is 7.70. The summed E-state index contributed by atoms with van der Waals surface area (Å²) in [7, 11) is 0. The third-order valence-corrected chi connectivity index (χ3v) is 4.47. The standard InChI is InChI=1S/C17H11ClN4OS/c18-12-5-3-11(4-6-12)14(23)15-16(20)22-17(24-15)21-13-7-1-10(9-19)2-8-13/h1-8H,20H2,(H,21,22). The summed E-state index contributed by atoms with van der Waals surface area (Å²) in [6.45, 7) is 0. The number of rotatable bonds is 4. The highest BCUT2D eigenvalue weighted by Gasteiger charge is 2.18. The molecule has 3 aromatic rings. The van der Waals surface area contributed by atoms with Crippen LogP contribution in [0.3, 0.4) is 0 Å². The Morgan fingerprint density at radius 1 is 1.17 bits per heavy atom. The first-order valence-electron chi connectivity index (χ1n) is 6.90. The first-order chi connectivity index (χ1) is 11.6. The number of aromatic nitrogens is 1. The van der Waals surface area contributed by atoms with Crippen LogP contribution in [0, 0.1) is 11.3 Å². The Kier molecular flexibility index (Phi) is 4.47. The first kappa shape index (κ1) is 16.0. The third-order valence-electron chi connectivity index (χ3n) is 3.23. The van der Waals surface area contributed by atoms with Crippen LogP contribution in [0.1, 0.15) is 20.8 Å². The molecule has 5 nitrogen and oxygen atoms in total. The number of halogens is 1. The van der Waals surface area contributed by atoms with Crippen molar-refractivity contribution < 1.29 is 4.79 Å². The van der Waals surface area contributed by atoms with Crippen LogP contribution < -0.4 is 11.1 Å². The Labute approximate surface area is 147 Å². The van der Waals surface area contributed by atoms with Crippen LogP contribution >= 0.6 is 22.9 Å². The Morgan fingerprint density at radius 3 is 2.46 bits per heavy atom. The maximum Gasteiger partial charge on any atom is 0.206 e. The van der Waals surface area contributed by atoms with E-state index < -0.39 is 0 Å². The number of thiazole rings is 1. The Morgan fingerprint density at radius 2 is 1.83 bits per heavy atom. The molecule has 3 rings (SSSR count). The van der Waals surface area contributed by atoms with E-state index in [1.165, 1.54) is 11.3 Å². The van der Waals surface area contributed by atoms with Crippen molar-refractivity contribution in [1.82, 2.24) is 4.98 Å². The van der Waals surface area contributed by atoms with Crippen molar-refractivity contribution in [3.63, 3.8) is 0 Å². The molecule has 2 aromatic carbocycles. The average molecular weight is 355 g/mol. The van der Waals surface area contributed by atoms with E-state index in [1.54, 1.807) is 48.5 Å². The van der Waals surface area contributed by atoms with Gasteiger partial charge in [0.2, 0.25) is 5.78 Å². The van der Waals surface area contributed by atoms with Crippen LogP contribution in [0.5, 0.6) is 0 Å². The lowest BCUT2D eigenvalue weighted by Gasteiger charge is -2.01. The monoisotopic (exact) mass is 354 g/mol. The van der Waals surface area contributed by atoms with Crippen molar-refractivity contribution in [1.29, 1.82) is 5.26 Å². The number of benzene rings is 2. The lowest BCUT2D eigenvalue weighted by molar-refractivity contribution is 0.104. The molecule has 0 amide bonds. The van der Waals surface area contributed by atoms with E-state index in [9.17, 15) is 4.79 Å². The summed E-state index contributed by atoms with van der Waals surface area (Å²) in [6.07, 6.45) is 0. The molecule has 0 radical (unpaired) electrons. The number of nitrogens with zero attached hydrogens (tertiary/aromatic N) is 2. The molecule has 0 unspecified atom stereocenters. The van der Waals surface area contributed by atoms with Crippen molar-refractivity contribution in [2.75, 3.05) is 11.1 Å². The second kappa shape index (κ2) is 6.71. The molecular formula is C17H11ClN4OS. The van der Waals surface area contributed by atoms with Crippen molar-refractivity contribution in [3.8, 4) is 6.07 Å². The highest BCUT2D eigenvalue weighted by atomic mass is 35.5. The maximum atomic E-state index is 12.5. The molecule has 0 atom stereocenters. The minimum absolute atomic E-state index is 0.177. The average Bonchev–Trinajstić information content (AvgIpc) is 2.96. The molecule has 0 spiro atoms. The minimum Gasteiger partial charge on any atom is -0.382 e. The highest BCUT2D eigenvalue weighted by molar-refractivity contribution is 7.18. The van der Waals surface area contributed by atoms with E-state index in [-0.39, 0.29) is 11.6 Å². The zero-order valence-corrected chi connectivity index (χ0v) is 13.9. The molecule has 1 heterocycles. The highest BCUT2D eigenvalue weighted by Crippen LogP contribution is 2.30. The van der Waals surface area contributed by atoms with E-state index >= 15 is 0 Å². The molecule has 0 bridgehead atoms. The van der Waals surface area contributed by atoms with Gasteiger partial charge in [0.25, 0.3) is 0 Å². The minimum atomic E-state index is -0.199. The van der Waals surface area contributed by atoms with Gasteiger partial charge >= 0.3 is 0 Å². The van der Waals surface area contributed by atoms with Crippen molar-refractivity contribution in [2.24, 2.45) is 0 Å².